The summed E-state index contributed by atoms with van der Waals surface area (Å²) >= 11 is 25.8. The number of carbonyl (C=O) groups excluding carboxylic acids is 2. The standard InChI is InChI=1S/C24H17Cl4N3O4S/c1-2-35-24(34)18-17(13-6-5-12(26)9-15(13)28)19(21(30)32)23-31(20(18)29)22(33)16(36-23)7-10-3-4-11(25)8-14(10)27/h3-9,17H,2,29H2,1H3,(H2,30,32). The fourth-order valence-electron chi connectivity index (χ4n) is 3.90. The van der Waals surface area contributed by atoms with Crippen molar-refractivity contribution in [1.29, 1.82) is 0 Å². The smallest absolute Gasteiger partial charge is 0.338 e. The molecular weight excluding hydrogens is 568 g/mol. The molecule has 4 rings (SSSR count). The molecule has 1 aliphatic rings. The lowest BCUT2D eigenvalue weighted by Crippen LogP contribution is -2.42. The first-order valence-corrected chi connectivity index (χ1v) is 12.7. The van der Waals surface area contributed by atoms with E-state index in [0.29, 0.717) is 26.2 Å². The quantitative estimate of drug-likeness (QED) is 0.445. The molecule has 0 bridgehead atoms. The van der Waals surface area contributed by atoms with Crippen molar-refractivity contribution in [1.82, 2.24) is 4.57 Å². The zero-order valence-corrected chi connectivity index (χ0v) is 22.3. The molecular formula is C24H17Cl4N3O4S. The van der Waals surface area contributed by atoms with Gasteiger partial charge < -0.3 is 16.2 Å². The number of fused-ring (bicyclic) bond motifs is 1. The van der Waals surface area contributed by atoms with Gasteiger partial charge in [-0.3, -0.25) is 14.2 Å². The Balaban J connectivity index is 2.13. The first-order valence-electron chi connectivity index (χ1n) is 10.4. The summed E-state index contributed by atoms with van der Waals surface area (Å²) in [6.45, 7) is 1.65. The predicted octanol–water partition coefficient (Wildman–Crippen LogP) is 3.48. The Kier molecular flexibility index (Phi) is 7.54. The number of benzene rings is 2. The lowest BCUT2D eigenvalue weighted by Gasteiger charge is -2.27. The van der Waals surface area contributed by atoms with Crippen LogP contribution in [-0.4, -0.2) is 23.1 Å². The highest BCUT2D eigenvalue weighted by Gasteiger charge is 2.39. The predicted molar refractivity (Wildman–Crippen MR) is 144 cm³/mol. The van der Waals surface area contributed by atoms with Crippen LogP contribution >= 0.6 is 57.7 Å². The van der Waals surface area contributed by atoms with Crippen LogP contribution in [0.2, 0.25) is 20.1 Å². The number of hydrogen-bond acceptors (Lipinski definition) is 6. The average Bonchev–Trinajstić information content (AvgIpc) is 3.11. The Labute approximate surface area is 228 Å². The molecule has 1 atom stereocenters. The van der Waals surface area contributed by atoms with Crippen LogP contribution in [0.25, 0.3) is 17.5 Å². The molecule has 2 aromatic carbocycles. The van der Waals surface area contributed by atoms with Gasteiger partial charge >= 0.3 is 5.97 Å². The van der Waals surface area contributed by atoms with Crippen molar-refractivity contribution >= 4 is 87.1 Å². The van der Waals surface area contributed by atoms with Crippen molar-refractivity contribution < 1.29 is 14.3 Å². The van der Waals surface area contributed by atoms with E-state index in [9.17, 15) is 14.4 Å². The van der Waals surface area contributed by atoms with Gasteiger partial charge in [0, 0.05) is 20.1 Å². The van der Waals surface area contributed by atoms with E-state index in [2.05, 4.69) is 0 Å². The summed E-state index contributed by atoms with van der Waals surface area (Å²) < 4.78 is 6.65. The second-order valence-corrected chi connectivity index (χ2v) is 10.3. The number of ether oxygens (including phenoxy) is 1. The summed E-state index contributed by atoms with van der Waals surface area (Å²) in [6, 6.07) is 9.38. The van der Waals surface area contributed by atoms with Crippen molar-refractivity contribution in [3.8, 4) is 0 Å². The molecule has 1 aliphatic heterocycles. The second-order valence-electron chi connectivity index (χ2n) is 7.62. The summed E-state index contributed by atoms with van der Waals surface area (Å²) in [5.41, 5.74) is 12.3. The van der Waals surface area contributed by atoms with E-state index in [1.54, 1.807) is 31.2 Å². The maximum absolute atomic E-state index is 13.5. The maximum Gasteiger partial charge on any atom is 0.338 e. The number of aromatic nitrogens is 1. The van der Waals surface area contributed by atoms with Crippen LogP contribution < -0.4 is 26.2 Å². The second kappa shape index (κ2) is 10.3. The Morgan fingerprint density at radius 3 is 2.28 bits per heavy atom. The molecule has 12 heteroatoms. The third kappa shape index (κ3) is 4.67. The Morgan fingerprint density at radius 2 is 1.69 bits per heavy atom. The Morgan fingerprint density at radius 1 is 1.06 bits per heavy atom. The van der Waals surface area contributed by atoms with E-state index in [0.717, 1.165) is 15.9 Å². The minimum atomic E-state index is -1.10. The SMILES string of the molecule is CCOC(=O)C1=C(N)n2c(sc(=Cc3ccc(Cl)cc3Cl)c2=O)=C(C(N)=O)C1c1ccc(Cl)cc1Cl. The van der Waals surface area contributed by atoms with Gasteiger partial charge in [-0.25, -0.2) is 4.79 Å². The van der Waals surface area contributed by atoms with Crippen molar-refractivity contribution in [3.63, 3.8) is 0 Å². The van der Waals surface area contributed by atoms with Gasteiger partial charge in [-0.2, -0.15) is 0 Å². The first-order chi connectivity index (χ1) is 17.0. The molecule has 3 aromatic rings. The van der Waals surface area contributed by atoms with Crippen molar-refractivity contribution in [2.45, 2.75) is 12.8 Å². The van der Waals surface area contributed by atoms with Gasteiger partial charge in [-0.05, 0) is 48.4 Å². The summed E-state index contributed by atoms with van der Waals surface area (Å²) in [5, 5.41) is 1.27. The van der Waals surface area contributed by atoms with E-state index < -0.39 is 23.4 Å². The number of rotatable bonds is 5. The topological polar surface area (TPSA) is 117 Å². The van der Waals surface area contributed by atoms with E-state index in [4.69, 9.17) is 62.6 Å². The molecule has 1 amide bonds. The monoisotopic (exact) mass is 583 g/mol. The Bertz CT molecular complexity index is 1640. The van der Waals surface area contributed by atoms with Crippen molar-refractivity contribution in [3.05, 3.63) is 92.7 Å². The molecule has 0 saturated heterocycles. The van der Waals surface area contributed by atoms with Crippen LogP contribution in [0.3, 0.4) is 0 Å². The number of thiazole rings is 1. The maximum atomic E-state index is 13.5. The van der Waals surface area contributed by atoms with E-state index >= 15 is 0 Å². The molecule has 0 radical (unpaired) electrons. The normalized spacial score (nSPS) is 15.8. The lowest BCUT2D eigenvalue weighted by atomic mass is 9.83. The zero-order valence-electron chi connectivity index (χ0n) is 18.5. The van der Waals surface area contributed by atoms with E-state index in [-0.39, 0.29) is 37.8 Å². The van der Waals surface area contributed by atoms with Gasteiger partial charge in [-0.15, -0.1) is 11.3 Å². The zero-order chi connectivity index (χ0) is 26.3. The van der Waals surface area contributed by atoms with Crippen LogP contribution in [0.5, 0.6) is 0 Å². The molecule has 0 saturated carbocycles. The highest BCUT2D eigenvalue weighted by atomic mass is 35.5. The van der Waals surface area contributed by atoms with Gasteiger partial charge in [0.15, 0.2) is 0 Å². The minimum Gasteiger partial charge on any atom is -0.463 e. The fraction of sp³-hybridized carbons (Fsp3) is 0.125. The Hall–Kier alpha value is -2.75. The molecule has 186 valence electrons. The fourth-order valence-corrected chi connectivity index (χ4v) is 6.06. The molecule has 0 aliphatic carbocycles. The number of hydrogen-bond donors (Lipinski definition) is 2. The van der Waals surface area contributed by atoms with Crippen LogP contribution in [0.4, 0.5) is 0 Å². The molecule has 0 spiro atoms. The highest BCUT2D eigenvalue weighted by molar-refractivity contribution is 7.07. The highest BCUT2D eigenvalue weighted by Crippen LogP contribution is 2.40. The van der Waals surface area contributed by atoms with Crippen LogP contribution in [0, 0.1) is 0 Å². The number of primary amides is 1. The first kappa shape index (κ1) is 26.3. The van der Waals surface area contributed by atoms with Crippen LogP contribution in [0.1, 0.15) is 24.0 Å². The summed E-state index contributed by atoms with van der Waals surface area (Å²) in [7, 11) is 0. The van der Waals surface area contributed by atoms with Crippen LogP contribution in [-0.2, 0) is 14.3 Å². The summed E-state index contributed by atoms with van der Waals surface area (Å²) in [4.78, 5) is 39.4. The number of nitrogens with zero attached hydrogens (tertiary/aromatic N) is 1. The number of carbonyl (C=O) groups is 2. The molecule has 7 nitrogen and oxygen atoms in total. The lowest BCUT2D eigenvalue weighted by molar-refractivity contribution is -0.138. The largest absolute Gasteiger partial charge is 0.463 e. The van der Waals surface area contributed by atoms with E-state index in [1.807, 2.05) is 0 Å². The molecule has 1 unspecified atom stereocenters. The third-order valence-electron chi connectivity index (χ3n) is 5.43. The van der Waals surface area contributed by atoms with E-state index in [1.165, 1.54) is 18.2 Å². The van der Waals surface area contributed by atoms with Gasteiger partial charge in [0.25, 0.3) is 5.56 Å². The molecule has 4 N–H and O–H groups in total. The third-order valence-corrected chi connectivity index (χ3v) is 7.66. The van der Waals surface area contributed by atoms with Gasteiger partial charge in [-0.1, -0.05) is 58.5 Å². The molecule has 1 aromatic heterocycles. The van der Waals surface area contributed by atoms with Gasteiger partial charge in [0.1, 0.15) is 10.5 Å². The molecule has 36 heavy (non-hydrogen) atoms. The van der Waals surface area contributed by atoms with Crippen LogP contribution in [0.15, 0.2) is 46.8 Å². The summed E-state index contributed by atoms with van der Waals surface area (Å²) in [5.74, 6) is -2.99. The van der Waals surface area contributed by atoms with Crippen molar-refractivity contribution in [2.24, 2.45) is 11.5 Å². The minimum absolute atomic E-state index is 0.0298. The number of amides is 1. The average molecular weight is 585 g/mol. The number of nitrogens with two attached hydrogens (primary N) is 2. The summed E-state index contributed by atoms with van der Waals surface area (Å²) in [6.07, 6.45) is 1.54. The molecule has 0 fully saturated rings. The molecule has 2 heterocycles. The van der Waals surface area contributed by atoms with Gasteiger partial charge in [0.2, 0.25) is 5.91 Å². The number of esters is 1. The number of halogens is 4. The van der Waals surface area contributed by atoms with Crippen molar-refractivity contribution in [2.75, 3.05) is 6.61 Å². The van der Waals surface area contributed by atoms with Gasteiger partial charge in [0.05, 0.1) is 28.2 Å².